The Kier molecular flexibility index (Phi) is 7.99. The van der Waals surface area contributed by atoms with E-state index in [4.69, 9.17) is 4.74 Å². The fourth-order valence-corrected chi connectivity index (χ4v) is 5.33. The van der Waals surface area contributed by atoms with Gasteiger partial charge in [0.2, 0.25) is 15.9 Å². The van der Waals surface area contributed by atoms with Gasteiger partial charge in [0.15, 0.2) is 0 Å². The smallest absolute Gasteiger partial charge is 0.242 e. The number of benzene rings is 1. The van der Waals surface area contributed by atoms with Crippen molar-refractivity contribution >= 4 is 27.3 Å². The highest BCUT2D eigenvalue weighted by Crippen LogP contribution is 2.19. The molecular formula is C21H27FN2O4S2. The first-order valence-corrected chi connectivity index (χ1v) is 12.3. The zero-order valence-corrected chi connectivity index (χ0v) is 18.6. The van der Waals surface area contributed by atoms with Crippen molar-refractivity contribution in [3.8, 4) is 0 Å². The van der Waals surface area contributed by atoms with Crippen LogP contribution in [0.5, 0.6) is 0 Å². The maximum Gasteiger partial charge on any atom is 0.242 e. The fourth-order valence-electron chi connectivity index (χ4n) is 3.40. The Bertz CT molecular complexity index is 911. The Morgan fingerprint density at radius 3 is 2.67 bits per heavy atom. The summed E-state index contributed by atoms with van der Waals surface area (Å²) >= 11 is 1.61. The molecule has 164 valence electrons. The van der Waals surface area contributed by atoms with Gasteiger partial charge in [-0.25, -0.2) is 17.1 Å². The maximum atomic E-state index is 13.1. The van der Waals surface area contributed by atoms with Gasteiger partial charge in [0.05, 0.1) is 17.5 Å². The monoisotopic (exact) mass is 454 g/mol. The van der Waals surface area contributed by atoms with Gasteiger partial charge in [0, 0.05) is 38.0 Å². The molecular weight excluding hydrogens is 427 g/mol. The van der Waals surface area contributed by atoms with E-state index in [0.29, 0.717) is 19.5 Å². The van der Waals surface area contributed by atoms with Crippen molar-refractivity contribution in [1.82, 2.24) is 9.21 Å². The number of amides is 1. The number of thiophene rings is 1. The van der Waals surface area contributed by atoms with Crippen LogP contribution in [0.15, 0.2) is 46.7 Å². The van der Waals surface area contributed by atoms with Crippen LogP contribution < -0.4 is 0 Å². The molecule has 1 unspecified atom stereocenters. The second kappa shape index (κ2) is 10.5. The summed E-state index contributed by atoms with van der Waals surface area (Å²) in [5.41, 5.74) is 0. The van der Waals surface area contributed by atoms with Crippen molar-refractivity contribution in [2.75, 3.05) is 26.7 Å². The highest BCUT2D eigenvalue weighted by Gasteiger charge is 2.24. The number of sulfonamides is 1. The lowest BCUT2D eigenvalue weighted by Crippen LogP contribution is -2.37. The Morgan fingerprint density at radius 1 is 1.27 bits per heavy atom. The number of halogens is 1. The number of carbonyl (C=O) groups is 1. The van der Waals surface area contributed by atoms with Crippen molar-refractivity contribution in [3.05, 3.63) is 52.5 Å². The van der Waals surface area contributed by atoms with E-state index < -0.39 is 15.8 Å². The van der Waals surface area contributed by atoms with Crippen molar-refractivity contribution in [2.24, 2.45) is 0 Å². The molecule has 0 aliphatic carbocycles. The third-order valence-electron chi connectivity index (χ3n) is 5.11. The summed E-state index contributed by atoms with van der Waals surface area (Å²) in [5, 5.41) is 1.99. The number of carbonyl (C=O) groups excluding carboxylic acids is 1. The molecule has 1 amide bonds. The van der Waals surface area contributed by atoms with Crippen LogP contribution in [0.2, 0.25) is 0 Å². The van der Waals surface area contributed by atoms with Gasteiger partial charge in [-0.1, -0.05) is 6.07 Å². The van der Waals surface area contributed by atoms with Crippen LogP contribution in [0.25, 0.3) is 0 Å². The van der Waals surface area contributed by atoms with Crippen LogP contribution in [-0.2, 0) is 26.1 Å². The van der Waals surface area contributed by atoms with Gasteiger partial charge in [0.1, 0.15) is 5.82 Å². The summed E-state index contributed by atoms with van der Waals surface area (Å²) in [5.74, 6) is -0.495. The van der Waals surface area contributed by atoms with Crippen LogP contribution >= 0.6 is 11.3 Å². The zero-order valence-electron chi connectivity index (χ0n) is 17.0. The lowest BCUT2D eigenvalue weighted by Gasteiger charge is -2.25. The lowest BCUT2D eigenvalue weighted by atomic mass is 10.2. The van der Waals surface area contributed by atoms with E-state index in [-0.39, 0.29) is 29.9 Å². The van der Waals surface area contributed by atoms with Gasteiger partial charge in [0.25, 0.3) is 0 Å². The summed E-state index contributed by atoms with van der Waals surface area (Å²) in [7, 11) is -2.24. The third kappa shape index (κ3) is 6.10. The van der Waals surface area contributed by atoms with Gasteiger partial charge in [-0.15, -0.1) is 11.3 Å². The summed E-state index contributed by atoms with van der Waals surface area (Å²) in [6.07, 6.45) is 2.68. The summed E-state index contributed by atoms with van der Waals surface area (Å²) in [6.45, 7) is 2.04. The quantitative estimate of drug-likeness (QED) is 0.551. The Morgan fingerprint density at radius 2 is 2.03 bits per heavy atom. The van der Waals surface area contributed by atoms with Crippen molar-refractivity contribution in [3.63, 3.8) is 0 Å². The first-order valence-electron chi connectivity index (χ1n) is 10.00. The van der Waals surface area contributed by atoms with Crippen molar-refractivity contribution in [2.45, 2.75) is 43.2 Å². The summed E-state index contributed by atoms with van der Waals surface area (Å²) < 4.78 is 45.1. The molecule has 0 bridgehead atoms. The fraction of sp³-hybridized carbons (Fsp3) is 0.476. The van der Waals surface area contributed by atoms with Crippen molar-refractivity contribution < 1.29 is 22.3 Å². The minimum atomic E-state index is -3.71. The molecule has 2 heterocycles. The average molecular weight is 455 g/mol. The number of rotatable bonds is 10. The zero-order chi connectivity index (χ0) is 21.6. The first-order chi connectivity index (χ1) is 14.4. The normalized spacial score (nSPS) is 16.8. The second-order valence-electron chi connectivity index (χ2n) is 7.37. The molecule has 9 heteroatoms. The summed E-state index contributed by atoms with van der Waals surface area (Å²) in [4.78, 5) is 15.8. The molecule has 6 nitrogen and oxygen atoms in total. The van der Waals surface area contributed by atoms with E-state index in [1.165, 1.54) is 23.5 Å². The standard InChI is InChI=1S/C21H27FN2O4S2/c1-23(30(26,27)20-10-8-17(22)9-11-20)12-2-7-21(25)24(15-18-5-3-13-28-18)16-19-6-4-14-29-19/h4,6,8-11,14,18H,2-3,5,7,12-13,15-16H2,1H3. The van der Waals surface area contributed by atoms with E-state index >= 15 is 0 Å². The molecule has 1 atom stereocenters. The predicted molar refractivity (Wildman–Crippen MR) is 114 cm³/mol. The molecule has 1 aromatic carbocycles. The molecule has 1 saturated heterocycles. The molecule has 0 radical (unpaired) electrons. The molecule has 0 spiro atoms. The average Bonchev–Trinajstić information content (AvgIpc) is 3.42. The van der Waals surface area contributed by atoms with E-state index in [0.717, 1.165) is 36.5 Å². The second-order valence-corrected chi connectivity index (χ2v) is 10.4. The van der Waals surface area contributed by atoms with Gasteiger partial charge >= 0.3 is 0 Å². The minimum absolute atomic E-state index is 0.00789. The number of nitrogens with zero attached hydrogens (tertiary/aromatic N) is 2. The van der Waals surface area contributed by atoms with E-state index in [1.807, 2.05) is 22.4 Å². The molecule has 1 aliphatic heterocycles. The predicted octanol–water partition coefficient (Wildman–Crippen LogP) is 3.50. The van der Waals surface area contributed by atoms with Gasteiger partial charge in [-0.3, -0.25) is 4.79 Å². The molecule has 3 rings (SSSR count). The Balaban J connectivity index is 1.55. The van der Waals surface area contributed by atoms with Crippen LogP contribution in [0.1, 0.15) is 30.6 Å². The van der Waals surface area contributed by atoms with Crippen molar-refractivity contribution in [1.29, 1.82) is 0 Å². The topological polar surface area (TPSA) is 66.9 Å². The highest BCUT2D eigenvalue weighted by molar-refractivity contribution is 7.89. The van der Waals surface area contributed by atoms with Gasteiger partial charge in [-0.05, 0) is 55.0 Å². The molecule has 1 aliphatic rings. The van der Waals surface area contributed by atoms with Crippen LogP contribution in [0.3, 0.4) is 0 Å². The molecule has 2 aromatic rings. The van der Waals surface area contributed by atoms with E-state index in [9.17, 15) is 17.6 Å². The highest BCUT2D eigenvalue weighted by atomic mass is 32.2. The van der Waals surface area contributed by atoms with Gasteiger partial charge < -0.3 is 9.64 Å². The maximum absolute atomic E-state index is 13.1. The van der Waals surface area contributed by atoms with Crippen LogP contribution in [0.4, 0.5) is 4.39 Å². The largest absolute Gasteiger partial charge is 0.376 e. The first kappa shape index (κ1) is 22.9. The molecule has 30 heavy (non-hydrogen) atoms. The number of hydrogen-bond acceptors (Lipinski definition) is 5. The lowest BCUT2D eigenvalue weighted by molar-refractivity contribution is -0.133. The minimum Gasteiger partial charge on any atom is -0.376 e. The molecule has 1 fully saturated rings. The molecule has 0 saturated carbocycles. The molecule has 1 aromatic heterocycles. The number of hydrogen-bond donors (Lipinski definition) is 0. The Hall–Kier alpha value is -1.81. The summed E-state index contributed by atoms with van der Waals surface area (Å²) in [6, 6.07) is 8.70. The van der Waals surface area contributed by atoms with Gasteiger partial charge in [-0.2, -0.15) is 0 Å². The number of ether oxygens (including phenoxy) is 1. The van der Waals surface area contributed by atoms with E-state index in [1.54, 1.807) is 11.3 Å². The van der Waals surface area contributed by atoms with Crippen LogP contribution in [-0.4, -0.2) is 56.4 Å². The third-order valence-corrected chi connectivity index (χ3v) is 7.85. The van der Waals surface area contributed by atoms with E-state index in [2.05, 4.69) is 0 Å². The SMILES string of the molecule is CN(CCCC(=O)N(Cc1cccs1)CC1CCCO1)S(=O)(=O)c1ccc(F)cc1. The molecule has 0 N–H and O–H groups in total. The Labute approximate surface area is 181 Å². The van der Waals surface area contributed by atoms with Crippen LogP contribution in [0, 0.1) is 5.82 Å².